The largest absolute Gasteiger partial charge is 0.383 e. The normalized spacial score (nSPS) is 12.9. The molecular weight excluding hydrogens is 176 g/mol. The topological polar surface area (TPSA) is 48.1 Å². The summed E-state index contributed by atoms with van der Waals surface area (Å²) in [4.78, 5) is 3.93. The minimum atomic E-state index is -0.198. The van der Waals surface area contributed by atoms with Crippen LogP contribution in [0.4, 0.5) is 0 Å². The molecule has 0 amide bonds. The molecule has 3 nitrogen and oxygen atoms in total. The van der Waals surface area contributed by atoms with Crippen LogP contribution in [-0.4, -0.2) is 18.7 Å². The van der Waals surface area contributed by atoms with Crippen LogP contribution in [0, 0.1) is 0 Å². The Morgan fingerprint density at radius 2 is 2.50 bits per heavy atom. The van der Waals surface area contributed by atoms with Crippen molar-refractivity contribution < 1.29 is 4.74 Å². The molecular formula is C8H11ClN2O. The number of ether oxygens (including phenoxy) is 1. The highest BCUT2D eigenvalue weighted by atomic mass is 35.5. The molecule has 0 saturated carbocycles. The molecule has 0 spiro atoms. The molecule has 4 heteroatoms. The van der Waals surface area contributed by atoms with E-state index in [4.69, 9.17) is 22.1 Å². The summed E-state index contributed by atoms with van der Waals surface area (Å²) >= 11 is 5.88. The quantitative estimate of drug-likeness (QED) is 0.776. The third-order valence-electron chi connectivity index (χ3n) is 1.54. The maximum absolute atomic E-state index is 5.88. The number of nitrogens with zero attached hydrogens (tertiary/aromatic N) is 1. The van der Waals surface area contributed by atoms with Crippen molar-refractivity contribution in [1.82, 2.24) is 4.98 Å². The van der Waals surface area contributed by atoms with Gasteiger partial charge in [0.1, 0.15) is 0 Å². The number of methoxy groups -OCH3 is 1. The van der Waals surface area contributed by atoms with Gasteiger partial charge in [0.05, 0.1) is 12.6 Å². The average Bonchev–Trinajstić information content (AvgIpc) is 2.05. The SMILES string of the molecule is COC[C@H](N)c1cnccc1Cl. The summed E-state index contributed by atoms with van der Waals surface area (Å²) in [5, 5.41) is 0.634. The van der Waals surface area contributed by atoms with Crippen LogP contribution in [0.2, 0.25) is 5.02 Å². The van der Waals surface area contributed by atoms with Gasteiger partial charge in [0, 0.05) is 30.1 Å². The van der Waals surface area contributed by atoms with Crippen molar-refractivity contribution in [2.45, 2.75) is 6.04 Å². The zero-order valence-electron chi connectivity index (χ0n) is 6.83. The molecule has 0 aliphatic carbocycles. The summed E-state index contributed by atoms with van der Waals surface area (Å²) in [5.41, 5.74) is 6.58. The first-order valence-corrected chi connectivity index (χ1v) is 3.97. The van der Waals surface area contributed by atoms with E-state index < -0.39 is 0 Å². The Balaban J connectivity index is 2.79. The molecule has 0 fully saturated rings. The van der Waals surface area contributed by atoms with Gasteiger partial charge in [-0.05, 0) is 6.07 Å². The standard InChI is InChI=1S/C8H11ClN2O/c1-12-5-8(10)6-4-11-3-2-7(6)9/h2-4,8H,5,10H2,1H3/t8-/m0/s1. The number of pyridine rings is 1. The van der Waals surface area contributed by atoms with Crippen LogP contribution in [0.5, 0.6) is 0 Å². The van der Waals surface area contributed by atoms with Crippen molar-refractivity contribution in [3.63, 3.8) is 0 Å². The number of hydrogen-bond donors (Lipinski definition) is 1. The number of hydrogen-bond acceptors (Lipinski definition) is 3. The van der Waals surface area contributed by atoms with Gasteiger partial charge in [-0.2, -0.15) is 0 Å². The van der Waals surface area contributed by atoms with E-state index in [1.807, 2.05) is 0 Å². The third kappa shape index (κ3) is 2.17. The van der Waals surface area contributed by atoms with Crippen molar-refractivity contribution in [2.75, 3.05) is 13.7 Å². The second kappa shape index (κ2) is 4.40. The Hall–Kier alpha value is -0.640. The first-order chi connectivity index (χ1) is 5.75. The molecule has 0 radical (unpaired) electrons. The first kappa shape index (κ1) is 9.45. The Labute approximate surface area is 76.5 Å². The van der Waals surface area contributed by atoms with Crippen molar-refractivity contribution in [2.24, 2.45) is 5.73 Å². The Morgan fingerprint density at radius 3 is 3.08 bits per heavy atom. The molecule has 1 aromatic rings. The second-order valence-corrected chi connectivity index (χ2v) is 2.87. The molecule has 66 valence electrons. The molecule has 0 aliphatic rings. The van der Waals surface area contributed by atoms with Gasteiger partial charge in [0.15, 0.2) is 0 Å². The van der Waals surface area contributed by atoms with Crippen molar-refractivity contribution >= 4 is 11.6 Å². The molecule has 0 unspecified atom stereocenters. The second-order valence-electron chi connectivity index (χ2n) is 2.46. The van der Waals surface area contributed by atoms with Crippen molar-refractivity contribution in [1.29, 1.82) is 0 Å². The lowest BCUT2D eigenvalue weighted by Crippen LogP contribution is -2.16. The molecule has 2 N–H and O–H groups in total. The van der Waals surface area contributed by atoms with Crippen LogP contribution in [0.15, 0.2) is 18.5 Å². The van der Waals surface area contributed by atoms with E-state index >= 15 is 0 Å². The van der Waals surface area contributed by atoms with E-state index in [0.29, 0.717) is 11.6 Å². The predicted octanol–water partition coefficient (Wildman–Crippen LogP) is 1.38. The first-order valence-electron chi connectivity index (χ1n) is 3.59. The van der Waals surface area contributed by atoms with Crippen LogP contribution in [-0.2, 0) is 4.74 Å². The number of halogens is 1. The lowest BCUT2D eigenvalue weighted by Gasteiger charge is -2.11. The monoisotopic (exact) mass is 186 g/mol. The highest BCUT2D eigenvalue weighted by molar-refractivity contribution is 6.31. The minimum Gasteiger partial charge on any atom is -0.383 e. The van der Waals surface area contributed by atoms with Gasteiger partial charge in [-0.3, -0.25) is 4.98 Å². The zero-order valence-corrected chi connectivity index (χ0v) is 7.58. The molecule has 1 atom stereocenters. The third-order valence-corrected chi connectivity index (χ3v) is 1.89. The molecule has 1 aromatic heterocycles. The number of rotatable bonds is 3. The van der Waals surface area contributed by atoms with Crippen LogP contribution in [0.3, 0.4) is 0 Å². The van der Waals surface area contributed by atoms with E-state index in [1.54, 1.807) is 25.6 Å². The van der Waals surface area contributed by atoms with Gasteiger partial charge in [-0.15, -0.1) is 0 Å². The zero-order chi connectivity index (χ0) is 8.97. The van der Waals surface area contributed by atoms with E-state index in [0.717, 1.165) is 5.56 Å². The molecule has 0 aliphatic heterocycles. The van der Waals surface area contributed by atoms with Crippen LogP contribution in [0.1, 0.15) is 11.6 Å². The van der Waals surface area contributed by atoms with Gasteiger partial charge < -0.3 is 10.5 Å². The molecule has 1 heterocycles. The summed E-state index contributed by atoms with van der Waals surface area (Å²) in [6.07, 6.45) is 3.29. The Bertz CT molecular complexity index is 255. The van der Waals surface area contributed by atoms with E-state index in [9.17, 15) is 0 Å². The van der Waals surface area contributed by atoms with E-state index in [-0.39, 0.29) is 6.04 Å². The van der Waals surface area contributed by atoms with Gasteiger partial charge in [-0.25, -0.2) is 0 Å². The fourth-order valence-corrected chi connectivity index (χ4v) is 1.18. The highest BCUT2D eigenvalue weighted by Gasteiger charge is 2.08. The summed E-state index contributed by atoms with van der Waals surface area (Å²) in [6.45, 7) is 0.450. The molecule has 0 bridgehead atoms. The van der Waals surface area contributed by atoms with Gasteiger partial charge in [0.25, 0.3) is 0 Å². The highest BCUT2D eigenvalue weighted by Crippen LogP contribution is 2.19. The number of aromatic nitrogens is 1. The van der Waals surface area contributed by atoms with Crippen LogP contribution < -0.4 is 5.73 Å². The van der Waals surface area contributed by atoms with Crippen molar-refractivity contribution in [3.05, 3.63) is 29.0 Å². The summed E-state index contributed by atoms with van der Waals surface area (Å²) in [5.74, 6) is 0. The fourth-order valence-electron chi connectivity index (χ4n) is 0.932. The van der Waals surface area contributed by atoms with Gasteiger partial charge >= 0.3 is 0 Å². The summed E-state index contributed by atoms with van der Waals surface area (Å²) < 4.78 is 4.90. The molecule has 0 saturated heterocycles. The Kier molecular flexibility index (Phi) is 3.47. The molecule has 1 rings (SSSR count). The number of nitrogens with two attached hydrogens (primary N) is 1. The lowest BCUT2D eigenvalue weighted by atomic mass is 10.1. The van der Waals surface area contributed by atoms with Crippen LogP contribution in [0.25, 0.3) is 0 Å². The van der Waals surface area contributed by atoms with Gasteiger partial charge in [-0.1, -0.05) is 11.6 Å². The predicted molar refractivity (Wildman–Crippen MR) is 48.1 cm³/mol. The molecule has 0 aromatic carbocycles. The maximum Gasteiger partial charge on any atom is 0.0656 e. The van der Waals surface area contributed by atoms with Gasteiger partial charge in [0.2, 0.25) is 0 Å². The average molecular weight is 187 g/mol. The summed E-state index contributed by atoms with van der Waals surface area (Å²) in [6, 6.07) is 1.52. The van der Waals surface area contributed by atoms with E-state index in [1.165, 1.54) is 0 Å². The Morgan fingerprint density at radius 1 is 1.75 bits per heavy atom. The van der Waals surface area contributed by atoms with Crippen molar-refractivity contribution in [3.8, 4) is 0 Å². The minimum absolute atomic E-state index is 0.198. The maximum atomic E-state index is 5.88. The fraction of sp³-hybridized carbons (Fsp3) is 0.375. The van der Waals surface area contributed by atoms with E-state index in [2.05, 4.69) is 4.98 Å². The summed E-state index contributed by atoms with van der Waals surface area (Å²) in [7, 11) is 1.60. The smallest absolute Gasteiger partial charge is 0.0656 e. The molecule has 12 heavy (non-hydrogen) atoms. The van der Waals surface area contributed by atoms with Crippen LogP contribution >= 0.6 is 11.6 Å². The lowest BCUT2D eigenvalue weighted by molar-refractivity contribution is 0.181.